The minimum absolute atomic E-state index is 0.404. The van der Waals surface area contributed by atoms with Crippen molar-refractivity contribution >= 4 is 11.3 Å². The molecule has 4 aromatic rings. The molecule has 4 heteroatoms. The number of aromatic nitrogens is 3. The summed E-state index contributed by atoms with van der Waals surface area (Å²) >= 11 is 0. The summed E-state index contributed by atoms with van der Waals surface area (Å²) in [6.07, 6.45) is 1.93. The average molecular weight is 380 g/mol. The summed E-state index contributed by atoms with van der Waals surface area (Å²) in [5.41, 5.74) is 7.29. The third kappa shape index (κ3) is 3.40. The minimum atomic E-state index is 0.404. The molecule has 4 rings (SSSR count). The highest BCUT2D eigenvalue weighted by Crippen LogP contribution is 2.38. The molecule has 144 valence electrons. The van der Waals surface area contributed by atoms with Crippen molar-refractivity contribution in [3.8, 4) is 22.5 Å². The number of nitrogens with zero attached hydrogens (tertiary/aromatic N) is 4. The molecule has 0 bridgehead atoms. The molecule has 0 fully saturated rings. The van der Waals surface area contributed by atoms with E-state index in [0.29, 0.717) is 23.3 Å². The molecule has 0 saturated heterocycles. The van der Waals surface area contributed by atoms with Gasteiger partial charge < -0.3 is 0 Å². The van der Waals surface area contributed by atoms with Gasteiger partial charge in [0.25, 0.3) is 0 Å². The van der Waals surface area contributed by atoms with Gasteiger partial charge in [-0.2, -0.15) is 0 Å². The molecular weight excluding hydrogens is 356 g/mol. The van der Waals surface area contributed by atoms with Crippen LogP contribution in [0.5, 0.6) is 0 Å². The van der Waals surface area contributed by atoms with E-state index in [-0.39, 0.29) is 0 Å². The first kappa shape index (κ1) is 18.9. The highest BCUT2D eigenvalue weighted by molar-refractivity contribution is 5.83. The fraction of sp³-hybridized carbons (Fsp3) is 0.240. The summed E-state index contributed by atoms with van der Waals surface area (Å²) in [6.45, 7) is 16.2. The zero-order valence-corrected chi connectivity index (χ0v) is 17.2. The summed E-state index contributed by atoms with van der Waals surface area (Å²) in [5, 5.41) is 4.70. The van der Waals surface area contributed by atoms with Gasteiger partial charge in [0, 0.05) is 17.3 Å². The lowest BCUT2D eigenvalue weighted by atomic mass is 9.85. The van der Waals surface area contributed by atoms with Crippen molar-refractivity contribution in [2.75, 3.05) is 0 Å². The van der Waals surface area contributed by atoms with Gasteiger partial charge in [0.15, 0.2) is 17.2 Å². The number of rotatable bonds is 4. The molecule has 2 aromatic carbocycles. The molecule has 0 saturated carbocycles. The normalized spacial score (nSPS) is 11.3. The SMILES string of the molecule is [C-]#[N+]c1cccc(-c2nc3c(-c4c(C(C)C)cccc4C(C)C)cccn3n2)c1. The van der Waals surface area contributed by atoms with Gasteiger partial charge in [-0.1, -0.05) is 64.1 Å². The fourth-order valence-corrected chi connectivity index (χ4v) is 3.80. The molecule has 2 heterocycles. The lowest BCUT2D eigenvalue weighted by Crippen LogP contribution is -2.01. The van der Waals surface area contributed by atoms with Gasteiger partial charge in [-0.25, -0.2) is 14.3 Å². The van der Waals surface area contributed by atoms with E-state index in [1.54, 1.807) is 6.07 Å². The summed E-state index contributed by atoms with van der Waals surface area (Å²) in [4.78, 5) is 8.41. The number of hydrogen-bond donors (Lipinski definition) is 0. The standard InChI is InChI=1S/C25H24N4/c1-16(2)20-11-7-12-21(17(3)4)23(20)22-13-8-14-29-25(22)27-24(28-29)18-9-6-10-19(15-18)26-5/h6-17H,1-4H3. The van der Waals surface area contributed by atoms with E-state index in [9.17, 15) is 0 Å². The zero-order valence-electron chi connectivity index (χ0n) is 17.2. The monoisotopic (exact) mass is 380 g/mol. The Morgan fingerprint density at radius 2 is 1.59 bits per heavy atom. The highest BCUT2D eigenvalue weighted by Gasteiger charge is 2.19. The summed E-state index contributed by atoms with van der Waals surface area (Å²) < 4.78 is 1.84. The summed E-state index contributed by atoms with van der Waals surface area (Å²) in [7, 11) is 0. The maximum atomic E-state index is 7.26. The van der Waals surface area contributed by atoms with Gasteiger partial charge in [0.1, 0.15) is 0 Å². The first-order valence-electron chi connectivity index (χ1n) is 9.96. The van der Waals surface area contributed by atoms with Crippen LogP contribution in [-0.2, 0) is 0 Å². The van der Waals surface area contributed by atoms with Crippen molar-refractivity contribution in [2.45, 2.75) is 39.5 Å². The predicted molar refractivity (Wildman–Crippen MR) is 118 cm³/mol. The van der Waals surface area contributed by atoms with E-state index in [2.05, 4.69) is 56.8 Å². The van der Waals surface area contributed by atoms with Crippen LogP contribution in [0.1, 0.15) is 50.7 Å². The van der Waals surface area contributed by atoms with Gasteiger partial charge in [0.2, 0.25) is 0 Å². The van der Waals surface area contributed by atoms with E-state index >= 15 is 0 Å². The highest BCUT2D eigenvalue weighted by atomic mass is 15.3. The van der Waals surface area contributed by atoms with Crippen LogP contribution in [0.3, 0.4) is 0 Å². The Bertz CT molecular complexity index is 1200. The lowest BCUT2D eigenvalue weighted by Gasteiger charge is -2.20. The molecule has 0 aliphatic carbocycles. The zero-order chi connectivity index (χ0) is 20.5. The Hall–Kier alpha value is -3.45. The molecule has 0 unspecified atom stereocenters. The van der Waals surface area contributed by atoms with E-state index in [1.807, 2.05) is 35.0 Å². The van der Waals surface area contributed by atoms with Crippen LogP contribution in [0, 0.1) is 6.57 Å². The lowest BCUT2D eigenvalue weighted by molar-refractivity contribution is 0.837. The Kier molecular flexibility index (Phi) is 4.90. The molecule has 0 atom stereocenters. The van der Waals surface area contributed by atoms with Crippen LogP contribution >= 0.6 is 0 Å². The van der Waals surface area contributed by atoms with Gasteiger partial charge in [0.05, 0.1) is 6.57 Å². The smallest absolute Gasteiger partial charge is 0.187 e. The second-order valence-corrected chi connectivity index (χ2v) is 7.91. The van der Waals surface area contributed by atoms with Crippen LogP contribution < -0.4 is 0 Å². The number of fused-ring (bicyclic) bond motifs is 1. The van der Waals surface area contributed by atoms with Crippen molar-refractivity contribution in [3.05, 3.63) is 83.3 Å². The van der Waals surface area contributed by atoms with Crippen molar-refractivity contribution < 1.29 is 0 Å². The number of benzene rings is 2. The Morgan fingerprint density at radius 3 is 2.24 bits per heavy atom. The second kappa shape index (κ2) is 7.52. The Morgan fingerprint density at radius 1 is 0.897 bits per heavy atom. The molecule has 29 heavy (non-hydrogen) atoms. The Labute approximate surface area is 171 Å². The van der Waals surface area contributed by atoms with Gasteiger partial charge in [-0.3, -0.25) is 0 Å². The third-order valence-corrected chi connectivity index (χ3v) is 5.24. The molecule has 0 aliphatic rings. The van der Waals surface area contributed by atoms with Gasteiger partial charge >= 0.3 is 0 Å². The maximum absolute atomic E-state index is 7.26. The van der Waals surface area contributed by atoms with E-state index in [1.165, 1.54) is 16.7 Å². The van der Waals surface area contributed by atoms with E-state index in [4.69, 9.17) is 16.7 Å². The number of pyridine rings is 1. The molecule has 2 aromatic heterocycles. The molecular formula is C25H24N4. The average Bonchev–Trinajstić information content (AvgIpc) is 3.17. The van der Waals surface area contributed by atoms with Crippen molar-refractivity contribution in [2.24, 2.45) is 0 Å². The van der Waals surface area contributed by atoms with Crippen molar-refractivity contribution in [3.63, 3.8) is 0 Å². The largest absolute Gasteiger partial charge is 0.238 e. The second-order valence-electron chi connectivity index (χ2n) is 7.91. The Balaban J connectivity index is 1.97. The van der Waals surface area contributed by atoms with Crippen LogP contribution in [0.4, 0.5) is 5.69 Å². The molecule has 4 nitrogen and oxygen atoms in total. The molecule has 0 spiro atoms. The van der Waals surface area contributed by atoms with Gasteiger partial charge in [-0.05, 0) is 46.7 Å². The maximum Gasteiger partial charge on any atom is 0.187 e. The third-order valence-electron chi connectivity index (χ3n) is 5.24. The van der Waals surface area contributed by atoms with Gasteiger partial charge in [-0.15, -0.1) is 5.10 Å². The van der Waals surface area contributed by atoms with Crippen LogP contribution in [0.15, 0.2) is 60.8 Å². The van der Waals surface area contributed by atoms with E-state index < -0.39 is 0 Å². The fourth-order valence-electron chi connectivity index (χ4n) is 3.80. The van der Waals surface area contributed by atoms with Crippen LogP contribution in [0.2, 0.25) is 0 Å². The van der Waals surface area contributed by atoms with Crippen LogP contribution in [0.25, 0.3) is 33.0 Å². The van der Waals surface area contributed by atoms with Crippen LogP contribution in [-0.4, -0.2) is 14.6 Å². The summed E-state index contributed by atoms with van der Waals surface area (Å²) in [5.74, 6) is 1.44. The van der Waals surface area contributed by atoms with Crippen molar-refractivity contribution in [1.29, 1.82) is 0 Å². The predicted octanol–water partition coefficient (Wildman–Crippen LogP) is 6.86. The molecule has 0 aliphatic heterocycles. The number of hydrogen-bond acceptors (Lipinski definition) is 2. The van der Waals surface area contributed by atoms with E-state index in [0.717, 1.165) is 16.8 Å². The molecule has 0 amide bonds. The minimum Gasteiger partial charge on any atom is -0.238 e. The summed E-state index contributed by atoms with van der Waals surface area (Å²) in [6, 6.07) is 18.2. The van der Waals surface area contributed by atoms with Crippen molar-refractivity contribution in [1.82, 2.24) is 14.6 Å². The topological polar surface area (TPSA) is 34.5 Å². The first-order valence-corrected chi connectivity index (χ1v) is 9.96. The molecule has 0 N–H and O–H groups in total. The first-order chi connectivity index (χ1) is 14.0. The molecule has 0 radical (unpaired) electrons. The quantitative estimate of drug-likeness (QED) is 0.362.